The van der Waals surface area contributed by atoms with Crippen LogP contribution in [0, 0.1) is 15.5 Å². The molecule has 4 aromatic rings. The smallest absolute Gasteiger partial charge is 0.269 e. The minimum absolute atomic E-state index is 0.146. The van der Waals surface area contributed by atoms with Gasteiger partial charge in [-0.1, -0.05) is 84.4 Å². The van der Waals surface area contributed by atoms with E-state index in [1.54, 1.807) is 48.5 Å². The number of nitro groups is 1. The van der Waals surface area contributed by atoms with Crippen molar-refractivity contribution in [2.75, 3.05) is 4.90 Å². The molecule has 7 rings (SSSR count). The van der Waals surface area contributed by atoms with E-state index in [-0.39, 0.29) is 28.6 Å². The zero-order valence-corrected chi connectivity index (χ0v) is 22.2. The van der Waals surface area contributed by atoms with Crippen LogP contribution < -0.4 is 4.90 Å². The number of rotatable bonds is 4. The lowest BCUT2D eigenvalue weighted by atomic mass is 9.64. The van der Waals surface area contributed by atoms with E-state index in [2.05, 4.69) is 0 Å². The topological polar surface area (TPSA) is 97.6 Å². The van der Waals surface area contributed by atoms with Crippen LogP contribution in [-0.2, 0) is 0 Å². The van der Waals surface area contributed by atoms with E-state index in [1.165, 1.54) is 24.3 Å². The zero-order chi connectivity index (χ0) is 28.5. The Hall–Kier alpha value is -4.88. The van der Waals surface area contributed by atoms with Gasteiger partial charge in [0.1, 0.15) is 11.5 Å². The van der Waals surface area contributed by atoms with Crippen molar-refractivity contribution in [1.29, 1.82) is 0 Å². The second-order valence-corrected chi connectivity index (χ2v) is 10.9. The Morgan fingerprint density at radius 1 is 0.829 bits per heavy atom. The standard InChI is InChI=1S/C33H21ClN2O5/c34-25-11-5-4-10-24(25)28-29(30(37)20-13-16-21(17-14-20)36(40)41)35-26-12-6-1-7-19(26)15-18-27(35)33(28)31(38)22-8-2-3-9-23(22)32(33)39/h1-18,27-29H/t27-,28-,29+/m0/s1. The van der Waals surface area contributed by atoms with Gasteiger partial charge in [0.15, 0.2) is 17.3 Å². The first kappa shape index (κ1) is 25.1. The van der Waals surface area contributed by atoms with Crippen molar-refractivity contribution < 1.29 is 19.3 Å². The number of benzene rings is 4. The zero-order valence-electron chi connectivity index (χ0n) is 21.4. The van der Waals surface area contributed by atoms with Crippen molar-refractivity contribution >= 4 is 46.4 Å². The normalized spacial score (nSPS) is 21.5. The summed E-state index contributed by atoms with van der Waals surface area (Å²) in [7, 11) is 0. The minimum atomic E-state index is -1.67. The second-order valence-electron chi connectivity index (χ2n) is 10.5. The van der Waals surface area contributed by atoms with Crippen molar-refractivity contribution in [3.8, 4) is 0 Å². The van der Waals surface area contributed by atoms with Crippen LogP contribution in [0.2, 0.25) is 5.02 Å². The van der Waals surface area contributed by atoms with Gasteiger partial charge < -0.3 is 4.90 Å². The number of para-hydroxylation sites is 1. The summed E-state index contributed by atoms with van der Waals surface area (Å²) in [4.78, 5) is 56.5. The van der Waals surface area contributed by atoms with Gasteiger partial charge in [-0.05, 0) is 35.4 Å². The van der Waals surface area contributed by atoms with Gasteiger partial charge >= 0.3 is 0 Å². The van der Waals surface area contributed by atoms with E-state index in [9.17, 15) is 24.5 Å². The van der Waals surface area contributed by atoms with Crippen LogP contribution in [0.25, 0.3) is 6.08 Å². The van der Waals surface area contributed by atoms with Gasteiger partial charge in [0, 0.05) is 45.5 Å². The van der Waals surface area contributed by atoms with Gasteiger partial charge in [-0.3, -0.25) is 24.5 Å². The van der Waals surface area contributed by atoms with E-state index in [1.807, 2.05) is 41.3 Å². The highest BCUT2D eigenvalue weighted by atomic mass is 35.5. The molecule has 1 aliphatic carbocycles. The van der Waals surface area contributed by atoms with Gasteiger partial charge in [0.2, 0.25) is 0 Å². The summed E-state index contributed by atoms with van der Waals surface area (Å²) in [5.41, 5.74) is 1.14. The van der Waals surface area contributed by atoms with Crippen LogP contribution in [0.5, 0.6) is 0 Å². The number of fused-ring (bicyclic) bond motifs is 5. The summed E-state index contributed by atoms with van der Waals surface area (Å²) in [6.07, 6.45) is 3.74. The lowest BCUT2D eigenvalue weighted by Gasteiger charge is -2.37. The maximum atomic E-state index is 14.6. The Bertz CT molecular complexity index is 1790. The van der Waals surface area contributed by atoms with Gasteiger partial charge in [-0.2, -0.15) is 0 Å². The molecule has 0 aromatic heterocycles. The van der Waals surface area contributed by atoms with Crippen LogP contribution >= 0.6 is 11.6 Å². The van der Waals surface area contributed by atoms with Gasteiger partial charge in [0.25, 0.3) is 5.69 Å². The van der Waals surface area contributed by atoms with E-state index in [0.717, 1.165) is 5.56 Å². The molecule has 3 atom stereocenters. The lowest BCUT2D eigenvalue weighted by molar-refractivity contribution is -0.384. The average molecular weight is 561 g/mol. The van der Waals surface area contributed by atoms with Crippen molar-refractivity contribution in [3.05, 3.63) is 146 Å². The molecule has 8 heteroatoms. The van der Waals surface area contributed by atoms with Crippen molar-refractivity contribution in [2.45, 2.75) is 18.0 Å². The lowest BCUT2D eigenvalue weighted by Crippen LogP contribution is -2.48. The predicted octanol–water partition coefficient (Wildman–Crippen LogP) is 6.56. The Morgan fingerprint density at radius 3 is 2.10 bits per heavy atom. The number of hydrogen-bond acceptors (Lipinski definition) is 6. The molecule has 0 radical (unpaired) electrons. The third kappa shape index (κ3) is 3.36. The quantitative estimate of drug-likeness (QED) is 0.121. The Balaban J connectivity index is 1.53. The SMILES string of the molecule is O=C(c1ccc([N+](=O)[O-])cc1)[C@H]1[C@H](c2ccccc2Cl)C2(C(=O)c3ccccc3C2=O)[C@@H]2C=Cc3ccccc3N21. The fraction of sp³-hybridized carbons (Fsp3) is 0.121. The molecule has 1 saturated heterocycles. The highest BCUT2D eigenvalue weighted by molar-refractivity contribution is 6.34. The number of ketones is 3. The summed E-state index contributed by atoms with van der Waals surface area (Å²) < 4.78 is 0. The molecule has 4 aromatic carbocycles. The molecular weight excluding hydrogens is 540 g/mol. The molecule has 1 fully saturated rings. The number of anilines is 1. The first-order valence-corrected chi connectivity index (χ1v) is 13.5. The fourth-order valence-electron chi connectivity index (χ4n) is 6.91. The van der Waals surface area contributed by atoms with E-state index >= 15 is 0 Å². The molecule has 1 spiro atoms. The molecule has 200 valence electrons. The maximum Gasteiger partial charge on any atom is 0.269 e. The van der Waals surface area contributed by atoms with Gasteiger partial charge in [-0.25, -0.2) is 0 Å². The van der Waals surface area contributed by atoms with E-state index < -0.39 is 28.3 Å². The average Bonchev–Trinajstić information content (AvgIpc) is 3.43. The monoisotopic (exact) mass is 560 g/mol. The number of hydrogen-bond donors (Lipinski definition) is 0. The summed E-state index contributed by atoms with van der Waals surface area (Å²) >= 11 is 6.80. The predicted molar refractivity (Wildman–Crippen MR) is 155 cm³/mol. The number of halogens is 1. The number of carbonyl (C=O) groups excluding carboxylic acids is 3. The van der Waals surface area contributed by atoms with Gasteiger partial charge in [0.05, 0.1) is 11.0 Å². The molecule has 41 heavy (non-hydrogen) atoms. The maximum absolute atomic E-state index is 14.6. The molecule has 0 bridgehead atoms. The molecule has 0 unspecified atom stereocenters. The number of nitrogens with zero attached hydrogens (tertiary/aromatic N) is 2. The third-order valence-corrected chi connectivity index (χ3v) is 8.93. The highest BCUT2D eigenvalue weighted by Crippen LogP contribution is 2.61. The van der Waals surface area contributed by atoms with Crippen LogP contribution in [0.3, 0.4) is 0 Å². The van der Waals surface area contributed by atoms with Crippen molar-refractivity contribution in [2.24, 2.45) is 5.41 Å². The molecular formula is C33H21ClN2O5. The van der Waals surface area contributed by atoms with Crippen LogP contribution in [0.1, 0.15) is 48.1 Å². The molecule has 3 aliphatic rings. The minimum Gasteiger partial charge on any atom is -0.352 e. The van der Waals surface area contributed by atoms with Crippen molar-refractivity contribution in [3.63, 3.8) is 0 Å². The summed E-state index contributed by atoms with van der Waals surface area (Å²) in [6, 6.07) is 24.9. The third-order valence-electron chi connectivity index (χ3n) is 8.58. The first-order valence-electron chi connectivity index (χ1n) is 13.1. The molecule has 0 amide bonds. The largest absolute Gasteiger partial charge is 0.352 e. The number of nitro benzene ring substituents is 1. The molecule has 0 N–H and O–H groups in total. The Morgan fingerprint density at radius 2 is 1.44 bits per heavy atom. The second kappa shape index (κ2) is 9.08. The first-order chi connectivity index (χ1) is 19.9. The summed E-state index contributed by atoms with van der Waals surface area (Å²) in [5.74, 6) is -2.01. The highest BCUT2D eigenvalue weighted by Gasteiger charge is 2.71. The Labute approximate surface area is 239 Å². The molecule has 7 nitrogen and oxygen atoms in total. The number of Topliss-reactive ketones (excluding diaryl/α,β-unsaturated/α-hetero) is 3. The summed E-state index contributed by atoms with van der Waals surface area (Å²) in [6.45, 7) is 0. The van der Waals surface area contributed by atoms with Crippen LogP contribution in [0.15, 0.2) is 103 Å². The Kier molecular flexibility index (Phi) is 5.56. The summed E-state index contributed by atoms with van der Waals surface area (Å²) in [5, 5.41) is 11.6. The number of carbonyl (C=O) groups is 3. The number of non-ortho nitro benzene ring substituents is 1. The molecule has 0 saturated carbocycles. The van der Waals surface area contributed by atoms with Crippen molar-refractivity contribution in [1.82, 2.24) is 0 Å². The van der Waals surface area contributed by atoms with Crippen LogP contribution in [-0.4, -0.2) is 34.4 Å². The van der Waals surface area contributed by atoms with Crippen LogP contribution in [0.4, 0.5) is 11.4 Å². The molecule has 2 aliphatic heterocycles. The van der Waals surface area contributed by atoms with Gasteiger partial charge in [-0.15, -0.1) is 0 Å². The van der Waals surface area contributed by atoms with E-state index in [4.69, 9.17) is 11.6 Å². The fourth-order valence-corrected chi connectivity index (χ4v) is 7.16. The van der Waals surface area contributed by atoms with E-state index in [0.29, 0.717) is 27.4 Å². The molecule has 2 heterocycles.